The average molecular weight is 455 g/mol. The molecule has 0 aliphatic heterocycles. The van der Waals surface area contributed by atoms with Gasteiger partial charge in [-0.15, -0.1) is 0 Å². The first-order valence-electron chi connectivity index (χ1n) is 9.99. The highest BCUT2D eigenvalue weighted by Gasteiger charge is 2.15. The van der Waals surface area contributed by atoms with Crippen LogP contribution in [0.1, 0.15) is 32.8 Å². The number of pyridine rings is 2. The maximum absolute atomic E-state index is 12.9. The molecular weight excluding hydrogens is 432 g/mol. The van der Waals surface area contributed by atoms with Crippen molar-refractivity contribution >= 4 is 28.6 Å². The number of nitrogens with one attached hydrogen (secondary N) is 1. The van der Waals surface area contributed by atoms with Crippen molar-refractivity contribution in [3.05, 3.63) is 63.7 Å². The van der Waals surface area contributed by atoms with E-state index in [1.807, 2.05) is 6.07 Å². The first-order valence-corrected chi connectivity index (χ1v) is 10.4. The molecule has 0 saturated carbocycles. The van der Waals surface area contributed by atoms with Crippen molar-refractivity contribution in [2.45, 2.75) is 32.8 Å². The van der Waals surface area contributed by atoms with Crippen LogP contribution in [0.5, 0.6) is 5.75 Å². The number of carbonyl (C=O) groups is 1. The van der Waals surface area contributed by atoms with E-state index < -0.39 is 17.3 Å². The number of halogens is 1. The van der Waals surface area contributed by atoms with Gasteiger partial charge in [-0.05, 0) is 57.5 Å². The van der Waals surface area contributed by atoms with E-state index in [-0.39, 0.29) is 5.56 Å². The van der Waals surface area contributed by atoms with Crippen LogP contribution in [0.3, 0.4) is 0 Å². The molecule has 0 radical (unpaired) electrons. The lowest BCUT2D eigenvalue weighted by Crippen LogP contribution is -2.33. The fourth-order valence-electron chi connectivity index (χ4n) is 2.98. The van der Waals surface area contributed by atoms with Crippen molar-refractivity contribution in [3.8, 4) is 17.5 Å². The van der Waals surface area contributed by atoms with Crippen molar-refractivity contribution in [2.24, 2.45) is 0 Å². The van der Waals surface area contributed by atoms with Gasteiger partial charge in [0.15, 0.2) is 0 Å². The second-order valence-electron chi connectivity index (χ2n) is 8.00. The number of aromatic nitrogens is 2. The minimum Gasteiger partial charge on any atom is -0.493 e. The van der Waals surface area contributed by atoms with Gasteiger partial charge < -0.3 is 14.8 Å². The van der Waals surface area contributed by atoms with Crippen LogP contribution in [0.2, 0.25) is 5.15 Å². The lowest BCUT2D eigenvalue weighted by atomic mass is 10.1. The third-order valence-corrected chi connectivity index (χ3v) is 4.55. The lowest BCUT2D eigenvalue weighted by Gasteiger charge is -2.19. The van der Waals surface area contributed by atoms with Crippen LogP contribution >= 0.6 is 11.6 Å². The number of ether oxygens (including phenoxy) is 2. The minimum atomic E-state index is -0.549. The molecule has 9 heteroatoms. The number of rotatable bonds is 6. The maximum Gasteiger partial charge on any atom is 0.407 e. The van der Waals surface area contributed by atoms with Gasteiger partial charge in [0.2, 0.25) is 0 Å². The van der Waals surface area contributed by atoms with E-state index in [9.17, 15) is 14.9 Å². The summed E-state index contributed by atoms with van der Waals surface area (Å²) in [5.74, 6) is 0.551. The molecule has 1 N–H and O–H groups in total. The first kappa shape index (κ1) is 23.1. The lowest BCUT2D eigenvalue weighted by molar-refractivity contribution is 0.0525. The maximum atomic E-state index is 12.9. The number of nitriles is 1. The molecule has 3 aromatic rings. The molecule has 32 heavy (non-hydrogen) atoms. The minimum absolute atomic E-state index is 0.0225. The van der Waals surface area contributed by atoms with Gasteiger partial charge in [0.25, 0.3) is 5.56 Å². The van der Waals surface area contributed by atoms with E-state index in [0.29, 0.717) is 47.1 Å². The van der Waals surface area contributed by atoms with E-state index in [4.69, 9.17) is 21.1 Å². The summed E-state index contributed by atoms with van der Waals surface area (Å²) >= 11 is 5.87. The van der Waals surface area contributed by atoms with Gasteiger partial charge in [0.1, 0.15) is 28.1 Å². The van der Waals surface area contributed by atoms with Gasteiger partial charge in [0.05, 0.1) is 24.0 Å². The fraction of sp³-hybridized carbons (Fsp3) is 0.304. The monoisotopic (exact) mass is 454 g/mol. The van der Waals surface area contributed by atoms with E-state index in [1.54, 1.807) is 57.2 Å². The molecule has 1 aromatic carbocycles. The van der Waals surface area contributed by atoms with Crippen LogP contribution in [0.25, 0.3) is 16.6 Å². The smallest absolute Gasteiger partial charge is 0.407 e. The summed E-state index contributed by atoms with van der Waals surface area (Å²) in [5, 5.41) is 13.0. The molecule has 0 saturated heterocycles. The number of nitrogens with zero attached hydrogens (tertiary/aromatic N) is 3. The fourth-order valence-corrected chi connectivity index (χ4v) is 3.09. The van der Waals surface area contributed by atoms with Crippen LogP contribution < -0.4 is 15.6 Å². The molecule has 166 valence electrons. The number of hydrogen-bond acceptors (Lipinski definition) is 6. The van der Waals surface area contributed by atoms with Crippen LogP contribution in [0.15, 0.2) is 47.4 Å². The number of hydrogen-bond donors (Lipinski definition) is 1. The number of alkyl carbamates (subject to hydrolysis) is 1. The van der Waals surface area contributed by atoms with Crippen molar-refractivity contribution in [1.82, 2.24) is 14.9 Å². The topological polar surface area (TPSA) is 106 Å². The largest absolute Gasteiger partial charge is 0.493 e. The van der Waals surface area contributed by atoms with Gasteiger partial charge in [-0.25, -0.2) is 9.78 Å². The Kier molecular flexibility index (Phi) is 7.01. The highest BCUT2D eigenvalue weighted by Crippen LogP contribution is 2.23. The number of fused-ring (bicyclic) bond motifs is 1. The molecule has 1 amide bonds. The average Bonchev–Trinajstić information content (AvgIpc) is 2.73. The van der Waals surface area contributed by atoms with Crippen LogP contribution in [-0.4, -0.2) is 34.4 Å². The van der Waals surface area contributed by atoms with Crippen LogP contribution in [0.4, 0.5) is 4.79 Å². The van der Waals surface area contributed by atoms with Gasteiger partial charge >= 0.3 is 6.09 Å². The van der Waals surface area contributed by atoms with Gasteiger partial charge in [-0.1, -0.05) is 11.6 Å². The molecule has 0 spiro atoms. The number of carbonyl (C=O) groups excluding carboxylic acids is 1. The zero-order valence-corrected chi connectivity index (χ0v) is 18.8. The standard InChI is InChI=1S/C23H23ClN4O4/c1-23(2,3)32-22(30)26-9-4-10-31-18-7-5-15-11-16(13-25)21(29)28(19(15)12-18)17-6-8-20(24)27-14-17/h5-8,11-12,14H,4,9-10H2,1-3H3,(H,26,30). The predicted molar refractivity (Wildman–Crippen MR) is 121 cm³/mol. The molecular formula is C23H23ClN4O4. The number of amides is 1. The van der Waals surface area contributed by atoms with Crippen molar-refractivity contribution in [1.29, 1.82) is 5.26 Å². The van der Waals surface area contributed by atoms with E-state index >= 15 is 0 Å². The summed E-state index contributed by atoms with van der Waals surface area (Å²) < 4.78 is 12.4. The second-order valence-corrected chi connectivity index (χ2v) is 8.39. The van der Waals surface area contributed by atoms with Gasteiger partial charge in [-0.3, -0.25) is 9.36 Å². The van der Waals surface area contributed by atoms with Crippen molar-refractivity contribution in [2.75, 3.05) is 13.2 Å². The SMILES string of the molecule is CC(C)(C)OC(=O)NCCCOc1ccc2cc(C#N)c(=O)n(-c3ccc(Cl)nc3)c2c1. The summed E-state index contributed by atoms with van der Waals surface area (Å²) in [6, 6.07) is 12.0. The molecule has 0 unspecified atom stereocenters. The first-order chi connectivity index (χ1) is 15.2. The molecule has 2 aromatic heterocycles. The Labute approximate surface area is 190 Å². The van der Waals surface area contributed by atoms with E-state index in [1.165, 1.54) is 10.8 Å². The summed E-state index contributed by atoms with van der Waals surface area (Å²) in [6.45, 7) is 6.15. The highest BCUT2D eigenvalue weighted by atomic mass is 35.5. The van der Waals surface area contributed by atoms with Gasteiger partial charge in [-0.2, -0.15) is 5.26 Å². The molecule has 3 rings (SSSR count). The molecule has 0 atom stereocenters. The third-order valence-electron chi connectivity index (χ3n) is 4.32. The van der Waals surface area contributed by atoms with E-state index in [2.05, 4.69) is 10.3 Å². The predicted octanol–water partition coefficient (Wildman–Crippen LogP) is 4.20. The van der Waals surface area contributed by atoms with Crippen molar-refractivity contribution < 1.29 is 14.3 Å². The molecule has 0 fully saturated rings. The summed E-state index contributed by atoms with van der Waals surface area (Å²) in [5.41, 5.74) is 0.0758. The molecule has 2 heterocycles. The highest BCUT2D eigenvalue weighted by molar-refractivity contribution is 6.29. The molecule has 0 aliphatic rings. The quantitative estimate of drug-likeness (QED) is 0.441. The molecule has 8 nitrogen and oxygen atoms in total. The third kappa shape index (κ3) is 5.77. The Balaban J connectivity index is 1.77. The summed E-state index contributed by atoms with van der Waals surface area (Å²) in [4.78, 5) is 28.6. The van der Waals surface area contributed by atoms with Gasteiger partial charge in [0, 0.05) is 18.0 Å². The zero-order chi connectivity index (χ0) is 23.3. The van der Waals surface area contributed by atoms with E-state index in [0.717, 1.165) is 0 Å². The molecule has 0 bridgehead atoms. The Morgan fingerprint density at radius 3 is 2.69 bits per heavy atom. The van der Waals surface area contributed by atoms with Crippen LogP contribution in [0, 0.1) is 11.3 Å². The molecule has 0 aliphatic carbocycles. The summed E-state index contributed by atoms with van der Waals surface area (Å²) in [7, 11) is 0. The zero-order valence-electron chi connectivity index (χ0n) is 18.0. The van der Waals surface area contributed by atoms with Crippen molar-refractivity contribution in [3.63, 3.8) is 0 Å². The van der Waals surface area contributed by atoms with Crippen LogP contribution in [-0.2, 0) is 4.74 Å². The number of benzene rings is 1. The Morgan fingerprint density at radius 1 is 1.25 bits per heavy atom. The normalized spacial score (nSPS) is 11.1. The Morgan fingerprint density at radius 2 is 2.03 bits per heavy atom. The Hall–Kier alpha value is -3.57. The second kappa shape index (κ2) is 9.71. The Bertz CT molecular complexity index is 1220. The summed E-state index contributed by atoms with van der Waals surface area (Å²) in [6.07, 6.45) is 1.57.